The van der Waals surface area contributed by atoms with Crippen molar-refractivity contribution in [3.05, 3.63) is 76.0 Å². The van der Waals surface area contributed by atoms with Crippen molar-refractivity contribution in [2.75, 3.05) is 26.2 Å². The normalized spacial score (nSPS) is 14.4. The molecule has 0 atom stereocenters. The third-order valence-corrected chi connectivity index (χ3v) is 5.60. The molecular weight excluding hydrogens is 397 g/mol. The first-order valence-corrected chi connectivity index (χ1v) is 9.67. The first-order chi connectivity index (χ1) is 13.5. The van der Waals surface area contributed by atoms with E-state index in [2.05, 4.69) is 4.98 Å². The van der Waals surface area contributed by atoms with Gasteiger partial charge in [-0.05, 0) is 22.9 Å². The van der Waals surface area contributed by atoms with Gasteiger partial charge < -0.3 is 9.80 Å². The van der Waals surface area contributed by atoms with Gasteiger partial charge in [0, 0.05) is 37.9 Å². The van der Waals surface area contributed by atoms with Gasteiger partial charge >= 0.3 is 0 Å². The molecule has 5 nitrogen and oxygen atoms in total. The maximum absolute atomic E-state index is 13.0. The number of aromatic nitrogens is 1. The lowest BCUT2D eigenvalue weighted by Gasteiger charge is -2.35. The van der Waals surface area contributed by atoms with Gasteiger partial charge in [-0.3, -0.25) is 9.59 Å². The molecule has 2 aromatic carbocycles. The molecule has 0 aliphatic carbocycles. The number of carbonyl (C=O) groups is 2. The zero-order valence-corrected chi connectivity index (χ0v) is 16.5. The number of amides is 2. The van der Waals surface area contributed by atoms with Crippen molar-refractivity contribution in [1.29, 1.82) is 0 Å². The van der Waals surface area contributed by atoms with Crippen molar-refractivity contribution >= 4 is 45.8 Å². The molecule has 1 aliphatic rings. The molecule has 0 N–H and O–H groups in total. The minimum absolute atomic E-state index is 0.0138. The fourth-order valence-corrected chi connectivity index (χ4v) is 3.69. The van der Waals surface area contributed by atoms with E-state index >= 15 is 0 Å². The number of fused-ring (bicyclic) bond motifs is 1. The van der Waals surface area contributed by atoms with Crippen LogP contribution in [0.1, 0.15) is 20.7 Å². The van der Waals surface area contributed by atoms with E-state index in [4.69, 9.17) is 23.2 Å². The Balaban J connectivity index is 1.47. The highest BCUT2D eigenvalue weighted by Gasteiger charge is 2.26. The number of benzene rings is 2. The zero-order valence-electron chi connectivity index (χ0n) is 14.9. The van der Waals surface area contributed by atoms with Crippen LogP contribution in [0.5, 0.6) is 0 Å². The first kappa shape index (κ1) is 18.7. The van der Waals surface area contributed by atoms with Crippen LogP contribution in [0.3, 0.4) is 0 Å². The van der Waals surface area contributed by atoms with Crippen molar-refractivity contribution in [3.8, 4) is 0 Å². The molecule has 0 saturated carbocycles. The summed E-state index contributed by atoms with van der Waals surface area (Å²) in [6.45, 7) is 1.86. The van der Waals surface area contributed by atoms with Crippen molar-refractivity contribution in [2.24, 2.45) is 0 Å². The molecule has 2 amide bonds. The van der Waals surface area contributed by atoms with Crippen molar-refractivity contribution in [3.63, 3.8) is 0 Å². The third kappa shape index (κ3) is 3.55. The number of pyridine rings is 1. The van der Waals surface area contributed by atoms with E-state index < -0.39 is 0 Å². The van der Waals surface area contributed by atoms with Crippen molar-refractivity contribution in [2.45, 2.75) is 0 Å². The summed E-state index contributed by atoms with van der Waals surface area (Å²) in [4.78, 5) is 33.1. The molecule has 1 saturated heterocycles. The maximum atomic E-state index is 13.0. The minimum Gasteiger partial charge on any atom is -0.335 e. The summed E-state index contributed by atoms with van der Waals surface area (Å²) in [7, 11) is 0. The number of rotatable bonds is 2. The highest BCUT2D eigenvalue weighted by Crippen LogP contribution is 2.22. The number of carbonyl (C=O) groups excluding carboxylic acids is 2. The molecule has 7 heteroatoms. The lowest BCUT2D eigenvalue weighted by Crippen LogP contribution is -2.50. The number of halogens is 2. The second kappa shape index (κ2) is 7.78. The van der Waals surface area contributed by atoms with E-state index in [9.17, 15) is 9.59 Å². The first-order valence-electron chi connectivity index (χ1n) is 8.92. The van der Waals surface area contributed by atoms with Gasteiger partial charge in [0.15, 0.2) is 0 Å². The minimum atomic E-state index is -0.164. The highest BCUT2D eigenvalue weighted by atomic mass is 35.5. The van der Waals surface area contributed by atoms with Crippen LogP contribution in [0, 0.1) is 0 Å². The van der Waals surface area contributed by atoms with Gasteiger partial charge in [0.05, 0.1) is 10.6 Å². The molecule has 142 valence electrons. The number of hydrogen-bond donors (Lipinski definition) is 0. The summed E-state index contributed by atoms with van der Waals surface area (Å²) in [6, 6.07) is 15.1. The zero-order chi connectivity index (χ0) is 19.7. The Kier molecular flexibility index (Phi) is 5.20. The summed E-state index contributed by atoms with van der Waals surface area (Å²) in [5.41, 5.74) is 1.08. The average molecular weight is 414 g/mol. The topological polar surface area (TPSA) is 53.5 Å². The Bertz CT molecular complexity index is 1060. The van der Waals surface area contributed by atoms with Gasteiger partial charge in [-0.2, -0.15) is 0 Å². The van der Waals surface area contributed by atoms with Crippen LogP contribution >= 0.6 is 23.2 Å². The van der Waals surface area contributed by atoms with Gasteiger partial charge in [-0.1, -0.05) is 59.6 Å². The summed E-state index contributed by atoms with van der Waals surface area (Å²) >= 11 is 11.8. The van der Waals surface area contributed by atoms with Crippen LogP contribution in [0.2, 0.25) is 10.2 Å². The monoisotopic (exact) mass is 413 g/mol. The Morgan fingerprint density at radius 2 is 1.50 bits per heavy atom. The van der Waals surface area contributed by atoms with Crippen LogP contribution < -0.4 is 0 Å². The quantitative estimate of drug-likeness (QED) is 0.593. The van der Waals surface area contributed by atoms with E-state index in [1.165, 1.54) is 12.3 Å². The standard InChI is InChI=1S/C21H17Cl2N3O2/c22-18-12-15(13-24-19(18)23)20(27)25-8-10-26(11-9-25)21(28)17-7-3-5-14-4-1-2-6-16(14)17/h1-7,12-13H,8-11H2. The van der Waals surface area contributed by atoms with Gasteiger partial charge in [0.25, 0.3) is 11.8 Å². The van der Waals surface area contributed by atoms with E-state index in [1.54, 1.807) is 9.80 Å². The molecule has 4 rings (SSSR count). The molecule has 0 unspecified atom stereocenters. The van der Waals surface area contributed by atoms with Crippen LogP contribution in [0.25, 0.3) is 10.8 Å². The summed E-state index contributed by atoms with van der Waals surface area (Å²) in [6.07, 6.45) is 1.42. The smallest absolute Gasteiger partial charge is 0.255 e. The van der Waals surface area contributed by atoms with Gasteiger partial charge in [0.1, 0.15) is 5.15 Å². The second-order valence-electron chi connectivity index (χ2n) is 6.61. The van der Waals surface area contributed by atoms with E-state index in [0.29, 0.717) is 37.3 Å². The summed E-state index contributed by atoms with van der Waals surface area (Å²) < 4.78 is 0. The maximum Gasteiger partial charge on any atom is 0.255 e. The molecule has 0 bridgehead atoms. The Morgan fingerprint density at radius 3 is 2.21 bits per heavy atom. The molecule has 28 heavy (non-hydrogen) atoms. The molecule has 1 aromatic heterocycles. The Labute approximate surface area is 172 Å². The number of piperazine rings is 1. The molecule has 2 heterocycles. The molecule has 1 aliphatic heterocycles. The van der Waals surface area contributed by atoms with Crippen LogP contribution in [0.15, 0.2) is 54.7 Å². The molecule has 1 fully saturated rings. The van der Waals surface area contributed by atoms with Crippen molar-refractivity contribution < 1.29 is 9.59 Å². The third-order valence-electron chi connectivity index (χ3n) is 4.92. The van der Waals surface area contributed by atoms with Crippen molar-refractivity contribution in [1.82, 2.24) is 14.8 Å². The molecule has 3 aromatic rings. The summed E-state index contributed by atoms with van der Waals surface area (Å²) in [5, 5.41) is 2.39. The summed E-state index contributed by atoms with van der Waals surface area (Å²) in [5.74, 6) is -0.177. The lowest BCUT2D eigenvalue weighted by molar-refractivity contribution is 0.0536. The van der Waals surface area contributed by atoms with Crippen LogP contribution in [-0.2, 0) is 0 Å². The highest BCUT2D eigenvalue weighted by molar-refractivity contribution is 6.41. The fraction of sp³-hybridized carbons (Fsp3) is 0.190. The van der Waals surface area contributed by atoms with Crippen LogP contribution in [-0.4, -0.2) is 52.8 Å². The predicted octanol–water partition coefficient (Wildman–Crippen LogP) is 4.14. The SMILES string of the molecule is O=C(c1cnc(Cl)c(Cl)c1)N1CCN(C(=O)c2cccc3ccccc23)CC1. The Hall–Kier alpha value is -2.63. The van der Waals surface area contributed by atoms with Gasteiger partial charge in [0.2, 0.25) is 0 Å². The molecular formula is C21H17Cl2N3O2. The number of hydrogen-bond acceptors (Lipinski definition) is 3. The molecule has 0 radical (unpaired) electrons. The van der Waals surface area contributed by atoms with Gasteiger partial charge in [-0.25, -0.2) is 4.98 Å². The fourth-order valence-electron chi connectivity index (χ4n) is 3.42. The van der Waals surface area contributed by atoms with Gasteiger partial charge in [-0.15, -0.1) is 0 Å². The van der Waals surface area contributed by atoms with E-state index in [1.807, 2.05) is 42.5 Å². The van der Waals surface area contributed by atoms with Crippen LogP contribution in [0.4, 0.5) is 0 Å². The molecule has 0 spiro atoms. The van der Waals surface area contributed by atoms with E-state index in [0.717, 1.165) is 10.8 Å². The number of nitrogens with zero attached hydrogens (tertiary/aromatic N) is 3. The Morgan fingerprint density at radius 1 is 0.857 bits per heavy atom. The predicted molar refractivity (Wildman–Crippen MR) is 110 cm³/mol. The average Bonchev–Trinajstić information content (AvgIpc) is 2.74. The largest absolute Gasteiger partial charge is 0.335 e. The van der Waals surface area contributed by atoms with E-state index in [-0.39, 0.29) is 22.0 Å². The second-order valence-corrected chi connectivity index (χ2v) is 7.37. The lowest BCUT2D eigenvalue weighted by atomic mass is 10.0.